The predicted octanol–water partition coefficient (Wildman–Crippen LogP) is 4.95. The molecule has 2 aromatic carbocycles. The predicted molar refractivity (Wildman–Crippen MR) is 131 cm³/mol. The lowest BCUT2D eigenvalue weighted by atomic mass is 9.82. The van der Waals surface area contributed by atoms with Gasteiger partial charge in [-0.2, -0.15) is 5.26 Å². The Morgan fingerprint density at radius 1 is 1.09 bits per heavy atom. The average molecular weight is 458 g/mol. The number of carbonyl (C=O) groups excluding carboxylic acids is 1. The van der Waals surface area contributed by atoms with Gasteiger partial charge in [-0.1, -0.05) is 49.0 Å². The molecule has 166 valence electrons. The van der Waals surface area contributed by atoms with Gasteiger partial charge in [0.05, 0.1) is 5.56 Å². The molecule has 1 aliphatic carbocycles. The van der Waals surface area contributed by atoms with Crippen LogP contribution in [0.25, 0.3) is 11.1 Å². The molecule has 33 heavy (non-hydrogen) atoms. The van der Waals surface area contributed by atoms with Crippen LogP contribution in [0.2, 0.25) is 0 Å². The van der Waals surface area contributed by atoms with Gasteiger partial charge in [0.25, 0.3) is 0 Å². The van der Waals surface area contributed by atoms with E-state index in [9.17, 15) is 4.79 Å². The molecule has 0 radical (unpaired) electrons. The third kappa shape index (κ3) is 5.33. The summed E-state index contributed by atoms with van der Waals surface area (Å²) >= 11 is 4.90. The molecule has 2 atom stereocenters. The first-order chi connectivity index (χ1) is 16.0. The third-order valence-electron chi connectivity index (χ3n) is 5.71. The van der Waals surface area contributed by atoms with Crippen molar-refractivity contribution in [3.63, 3.8) is 0 Å². The number of aromatic nitrogens is 2. The Morgan fingerprint density at radius 2 is 1.82 bits per heavy atom. The Bertz CT molecular complexity index is 1190. The Balaban J connectivity index is 1.52. The zero-order valence-corrected chi connectivity index (χ0v) is 18.7. The van der Waals surface area contributed by atoms with Crippen molar-refractivity contribution in [1.29, 1.82) is 5.26 Å². The summed E-state index contributed by atoms with van der Waals surface area (Å²) in [5, 5.41) is 12.4. The molecule has 1 heterocycles. The van der Waals surface area contributed by atoms with Gasteiger partial charge in [-0.25, -0.2) is 9.97 Å². The third-order valence-corrected chi connectivity index (χ3v) is 6.00. The number of ketones is 1. The number of nitrogen functional groups attached to an aromatic ring is 1. The van der Waals surface area contributed by atoms with Crippen LogP contribution in [0.5, 0.6) is 11.5 Å². The van der Waals surface area contributed by atoms with E-state index in [1.807, 2.05) is 54.6 Å². The van der Waals surface area contributed by atoms with Crippen molar-refractivity contribution in [3.8, 4) is 28.7 Å². The molecular formula is C25H23N5O2S. The molecule has 0 aliphatic heterocycles. The lowest BCUT2D eigenvalue weighted by molar-refractivity contribution is -0.117. The van der Waals surface area contributed by atoms with Gasteiger partial charge < -0.3 is 15.8 Å². The largest absolute Gasteiger partial charge is 0.457 e. The fourth-order valence-corrected chi connectivity index (χ4v) is 4.27. The van der Waals surface area contributed by atoms with Crippen LogP contribution < -0.4 is 15.8 Å². The van der Waals surface area contributed by atoms with Gasteiger partial charge in [0, 0.05) is 12.0 Å². The second kappa shape index (κ2) is 10.2. The van der Waals surface area contributed by atoms with E-state index in [0.717, 1.165) is 30.6 Å². The highest BCUT2D eigenvalue weighted by Gasteiger charge is 2.30. The normalized spacial score (nSPS) is 17.5. The number of benzene rings is 2. The van der Waals surface area contributed by atoms with E-state index >= 15 is 0 Å². The topological polar surface area (TPSA) is 114 Å². The number of thiocarbonyl (C=S) groups is 1. The van der Waals surface area contributed by atoms with Gasteiger partial charge in [0.2, 0.25) is 0 Å². The van der Waals surface area contributed by atoms with E-state index in [2.05, 4.69) is 15.3 Å². The Morgan fingerprint density at radius 3 is 2.55 bits per heavy atom. The summed E-state index contributed by atoms with van der Waals surface area (Å²) in [6, 6.07) is 18.9. The zero-order chi connectivity index (χ0) is 23.2. The SMILES string of the molecule is N#CC(=S)C(=O)C1CCCC(Nc2ncnc(N)c2-c2ccc(Oc3ccccc3)cc2)C1. The molecule has 0 saturated heterocycles. The number of nitrogens with one attached hydrogen (secondary N) is 1. The number of hydrogen-bond acceptors (Lipinski definition) is 8. The maximum atomic E-state index is 12.4. The van der Waals surface area contributed by atoms with Gasteiger partial charge in [-0.05, 0) is 49.1 Å². The van der Waals surface area contributed by atoms with E-state index < -0.39 is 0 Å². The monoisotopic (exact) mass is 457 g/mol. The van der Waals surface area contributed by atoms with Crippen molar-refractivity contribution in [2.75, 3.05) is 11.1 Å². The van der Waals surface area contributed by atoms with Crippen LogP contribution in [-0.4, -0.2) is 26.7 Å². The summed E-state index contributed by atoms with van der Waals surface area (Å²) in [5.74, 6) is 1.94. The fraction of sp³-hybridized carbons (Fsp3) is 0.240. The smallest absolute Gasteiger partial charge is 0.187 e. The fourth-order valence-electron chi connectivity index (χ4n) is 4.10. The number of rotatable bonds is 7. The summed E-state index contributed by atoms with van der Waals surface area (Å²) in [7, 11) is 0. The Kier molecular flexibility index (Phi) is 6.91. The highest BCUT2D eigenvalue weighted by Crippen LogP contribution is 2.35. The van der Waals surface area contributed by atoms with Crippen molar-refractivity contribution >= 4 is 34.5 Å². The molecule has 0 bridgehead atoms. The maximum absolute atomic E-state index is 12.4. The van der Waals surface area contributed by atoms with Crippen LogP contribution in [0.4, 0.5) is 11.6 Å². The summed E-state index contributed by atoms with van der Waals surface area (Å²) in [4.78, 5) is 20.8. The zero-order valence-electron chi connectivity index (χ0n) is 17.9. The van der Waals surface area contributed by atoms with Gasteiger partial charge in [-0.15, -0.1) is 0 Å². The van der Waals surface area contributed by atoms with Crippen molar-refractivity contribution in [3.05, 3.63) is 60.9 Å². The van der Waals surface area contributed by atoms with Gasteiger partial charge in [0.15, 0.2) is 10.6 Å². The molecular weight excluding hydrogens is 434 g/mol. The van der Waals surface area contributed by atoms with Gasteiger partial charge >= 0.3 is 0 Å². The number of para-hydroxylation sites is 1. The highest BCUT2D eigenvalue weighted by atomic mass is 32.1. The lowest BCUT2D eigenvalue weighted by Gasteiger charge is -2.29. The number of anilines is 2. The van der Waals surface area contributed by atoms with E-state index in [-0.39, 0.29) is 22.6 Å². The van der Waals surface area contributed by atoms with Gasteiger partial charge in [0.1, 0.15) is 35.5 Å². The summed E-state index contributed by atoms with van der Waals surface area (Å²) in [5.41, 5.74) is 7.77. The van der Waals surface area contributed by atoms with Crippen molar-refractivity contribution in [1.82, 2.24) is 9.97 Å². The molecule has 3 aromatic rings. The van der Waals surface area contributed by atoms with Crippen LogP contribution in [-0.2, 0) is 4.79 Å². The first kappa shape index (κ1) is 22.4. The summed E-state index contributed by atoms with van der Waals surface area (Å²) < 4.78 is 5.87. The molecule has 8 heteroatoms. The van der Waals surface area contributed by atoms with E-state index in [0.29, 0.717) is 29.4 Å². The molecule has 4 rings (SSSR count). The first-order valence-corrected chi connectivity index (χ1v) is 11.1. The minimum atomic E-state index is -0.250. The Labute approximate surface area is 197 Å². The quantitative estimate of drug-likeness (QED) is 0.479. The number of ether oxygens (including phenoxy) is 1. The second-order valence-corrected chi connectivity index (χ2v) is 8.34. The molecule has 3 N–H and O–H groups in total. The van der Waals surface area contributed by atoms with E-state index in [4.69, 9.17) is 28.0 Å². The lowest BCUT2D eigenvalue weighted by Crippen LogP contribution is -2.33. The molecule has 7 nitrogen and oxygen atoms in total. The number of nitrogens with zero attached hydrogens (tertiary/aromatic N) is 3. The minimum absolute atomic E-state index is 0.0166. The van der Waals surface area contributed by atoms with Crippen LogP contribution in [0.1, 0.15) is 25.7 Å². The van der Waals surface area contributed by atoms with Gasteiger partial charge in [-0.3, -0.25) is 4.79 Å². The number of nitrogens with two attached hydrogens (primary N) is 1. The van der Waals surface area contributed by atoms with Crippen molar-refractivity contribution in [2.45, 2.75) is 31.7 Å². The summed E-state index contributed by atoms with van der Waals surface area (Å²) in [6.45, 7) is 0. The minimum Gasteiger partial charge on any atom is -0.457 e. The van der Waals surface area contributed by atoms with E-state index in [1.54, 1.807) is 6.07 Å². The van der Waals surface area contributed by atoms with Crippen molar-refractivity contribution < 1.29 is 9.53 Å². The van der Waals surface area contributed by atoms with Crippen LogP contribution in [0.3, 0.4) is 0 Å². The Hall–Kier alpha value is -3.83. The average Bonchev–Trinajstić information content (AvgIpc) is 2.85. The van der Waals surface area contributed by atoms with Crippen LogP contribution in [0.15, 0.2) is 60.9 Å². The molecule has 1 aliphatic rings. The molecule has 1 saturated carbocycles. The molecule has 1 aromatic heterocycles. The number of hydrogen-bond donors (Lipinski definition) is 2. The molecule has 0 spiro atoms. The molecule has 1 fully saturated rings. The van der Waals surface area contributed by atoms with Crippen LogP contribution in [0, 0.1) is 17.2 Å². The number of Topliss-reactive ketones (excluding diaryl/α,β-unsaturated/α-hetero) is 1. The molecule has 2 unspecified atom stereocenters. The molecule has 0 amide bonds. The number of carbonyl (C=O) groups is 1. The van der Waals surface area contributed by atoms with Crippen molar-refractivity contribution in [2.24, 2.45) is 5.92 Å². The van der Waals surface area contributed by atoms with Crippen LogP contribution >= 0.6 is 12.2 Å². The second-order valence-electron chi connectivity index (χ2n) is 7.93. The maximum Gasteiger partial charge on any atom is 0.187 e. The van der Waals surface area contributed by atoms with E-state index in [1.165, 1.54) is 6.33 Å². The highest BCUT2D eigenvalue weighted by molar-refractivity contribution is 7.82. The summed E-state index contributed by atoms with van der Waals surface area (Å²) in [6.07, 6.45) is 4.50. The standard InChI is InChI=1S/C25H23N5O2S/c26-14-21(33)23(31)17-5-4-6-18(13-17)30-25-22(24(27)28-15-29-25)16-9-11-20(12-10-16)32-19-7-2-1-3-8-19/h1-3,7-12,15,17-18H,4-6,13H2,(H3,27,28,29,30). The first-order valence-electron chi connectivity index (χ1n) is 10.7. The number of nitriles is 1.